The van der Waals surface area contributed by atoms with Gasteiger partial charge in [-0.1, -0.05) is 11.6 Å². The molecule has 0 aliphatic carbocycles. The molecule has 0 bridgehead atoms. The maximum Gasteiger partial charge on any atom is 0.246 e. The Morgan fingerprint density at radius 1 is 1.08 bits per heavy atom. The summed E-state index contributed by atoms with van der Waals surface area (Å²) in [4.78, 5) is 3.55. The van der Waals surface area contributed by atoms with Crippen LogP contribution in [0.15, 0.2) is 35.2 Å². The average molecular weight is 417 g/mol. The van der Waals surface area contributed by atoms with Crippen LogP contribution in [0.2, 0.25) is 4.34 Å². The van der Waals surface area contributed by atoms with Crippen molar-refractivity contribution in [1.29, 1.82) is 0 Å². The second-order valence-electron chi connectivity index (χ2n) is 5.90. The lowest BCUT2D eigenvalue weighted by Gasteiger charge is -2.34. The second kappa shape index (κ2) is 8.14. The van der Waals surface area contributed by atoms with Crippen LogP contribution < -0.4 is 9.47 Å². The highest BCUT2D eigenvalue weighted by Crippen LogP contribution is 2.31. The van der Waals surface area contributed by atoms with Gasteiger partial charge in [0.1, 0.15) is 16.4 Å². The fourth-order valence-electron chi connectivity index (χ4n) is 2.91. The Morgan fingerprint density at radius 3 is 2.38 bits per heavy atom. The van der Waals surface area contributed by atoms with E-state index >= 15 is 0 Å². The molecule has 142 valence electrons. The molecular weight excluding hydrogens is 396 g/mol. The summed E-state index contributed by atoms with van der Waals surface area (Å²) in [7, 11) is -0.675. The van der Waals surface area contributed by atoms with E-state index in [0.29, 0.717) is 37.7 Å². The summed E-state index contributed by atoms with van der Waals surface area (Å²) in [6.45, 7) is 2.99. The quantitative estimate of drug-likeness (QED) is 0.724. The van der Waals surface area contributed by atoms with E-state index in [9.17, 15) is 8.42 Å². The van der Waals surface area contributed by atoms with Gasteiger partial charge >= 0.3 is 0 Å². The first-order chi connectivity index (χ1) is 12.4. The molecule has 1 aromatic carbocycles. The number of rotatable bonds is 6. The molecule has 0 amide bonds. The van der Waals surface area contributed by atoms with Crippen LogP contribution in [0.3, 0.4) is 0 Å². The summed E-state index contributed by atoms with van der Waals surface area (Å²) in [6, 6.07) is 8.70. The molecular formula is C17H21ClN2O4S2. The number of ether oxygens (including phenoxy) is 2. The van der Waals surface area contributed by atoms with Crippen LogP contribution in [0.5, 0.6) is 11.5 Å². The zero-order chi connectivity index (χ0) is 18.7. The van der Waals surface area contributed by atoms with Gasteiger partial charge in [-0.15, -0.1) is 11.3 Å². The summed E-state index contributed by atoms with van der Waals surface area (Å²) in [5.41, 5.74) is 0. The highest BCUT2D eigenvalue weighted by molar-refractivity contribution is 7.89. The number of nitrogens with zero attached hydrogens (tertiary/aromatic N) is 2. The first-order valence-electron chi connectivity index (χ1n) is 8.13. The van der Waals surface area contributed by atoms with Gasteiger partial charge in [0.15, 0.2) is 0 Å². The van der Waals surface area contributed by atoms with Crippen molar-refractivity contribution in [3.63, 3.8) is 0 Å². The van der Waals surface area contributed by atoms with Crippen LogP contribution in [-0.2, 0) is 16.6 Å². The molecule has 0 spiro atoms. The first-order valence-corrected chi connectivity index (χ1v) is 10.8. The second-order valence-corrected chi connectivity index (χ2v) is 9.61. The molecule has 9 heteroatoms. The van der Waals surface area contributed by atoms with Crippen LogP contribution in [0.1, 0.15) is 4.88 Å². The van der Waals surface area contributed by atoms with Crippen molar-refractivity contribution in [3.8, 4) is 11.5 Å². The van der Waals surface area contributed by atoms with Gasteiger partial charge in [-0.2, -0.15) is 4.31 Å². The SMILES string of the molecule is COc1ccc(OC)c(S(=O)(=O)N2CCN(Cc3ccc(Cl)s3)CC2)c1. The van der Waals surface area contributed by atoms with E-state index in [2.05, 4.69) is 4.90 Å². The monoisotopic (exact) mass is 416 g/mol. The topological polar surface area (TPSA) is 59.1 Å². The van der Waals surface area contributed by atoms with Crippen LogP contribution in [0.25, 0.3) is 0 Å². The molecule has 3 rings (SSSR count). The van der Waals surface area contributed by atoms with Crippen molar-refractivity contribution >= 4 is 33.0 Å². The summed E-state index contributed by atoms with van der Waals surface area (Å²) < 4.78 is 38.8. The third-order valence-corrected chi connectivity index (χ3v) is 7.46. The molecule has 0 radical (unpaired) electrons. The Morgan fingerprint density at radius 2 is 1.81 bits per heavy atom. The van der Waals surface area contributed by atoms with Crippen LogP contribution in [0, 0.1) is 0 Å². The van der Waals surface area contributed by atoms with E-state index < -0.39 is 10.0 Å². The molecule has 0 atom stereocenters. The molecule has 0 unspecified atom stereocenters. The molecule has 0 N–H and O–H groups in total. The Kier molecular flexibility index (Phi) is 6.09. The van der Waals surface area contributed by atoms with Gasteiger partial charge in [0.05, 0.1) is 18.6 Å². The van der Waals surface area contributed by atoms with Crippen LogP contribution in [0.4, 0.5) is 0 Å². The Labute approximate surface area is 162 Å². The predicted molar refractivity (Wildman–Crippen MR) is 103 cm³/mol. The third-order valence-electron chi connectivity index (χ3n) is 4.33. The standard InChI is InChI=1S/C17H21ClN2O4S2/c1-23-13-3-5-15(24-2)16(11-13)26(21,22)20-9-7-19(8-10-20)12-14-4-6-17(18)25-14/h3-6,11H,7-10,12H2,1-2H3. The Bertz CT molecular complexity index is 861. The van der Waals surface area contributed by atoms with Crippen molar-refractivity contribution in [2.24, 2.45) is 0 Å². The van der Waals surface area contributed by atoms with Gasteiger partial charge in [0.2, 0.25) is 10.0 Å². The number of methoxy groups -OCH3 is 2. The fraction of sp³-hybridized carbons (Fsp3) is 0.412. The highest BCUT2D eigenvalue weighted by Gasteiger charge is 2.31. The van der Waals surface area contributed by atoms with E-state index in [1.54, 1.807) is 23.5 Å². The van der Waals surface area contributed by atoms with Gasteiger partial charge in [-0.3, -0.25) is 4.90 Å². The maximum absolute atomic E-state index is 13.1. The summed E-state index contributed by atoms with van der Waals surface area (Å²) in [6.07, 6.45) is 0. The highest BCUT2D eigenvalue weighted by atomic mass is 35.5. The third kappa shape index (κ3) is 4.15. The summed E-state index contributed by atoms with van der Waals surface area (Å²) in [5.74, 6) is 0.805. The van der Waals surface area contributed by atoms with Crippen molar-refractivity contribution in [2.75, 3.05) is 40.4 Å². The number of hydrogen-bond donors (Lipinski definition) is 0. The van der Waals surface area contributed by atoms with Gasteiger partial charge in [0.25, 0.3) is 0 Å². The lowest BCUT2D eigenvalue weighted by atomic mass is 10.3. The first kappa shape index (κ1) is 19.4. The van der Waals surface area contributed by atoms with E-state index in [-0.39, 0.29) is 4.90 Å². The van der Waals surface area contributed by atoms with Gasteiger partial charge < -0.3 is 9.47 Å². The van der Waals surface area contributed by atoms with Crippen molar-refractivity contribution in [2.45, 2.75) is 11.4 Å². The zero-order valence-electron chi connectivity index (χ0n) is 14.6. The number of sulfonamides is 1. The molecule has 6 nitrogen and oxygen atoms in total. The van der Waals surface area contributed by atoms with Gasteiger partial charge in [0, 0.05) is 43.7 Å². The lowest BCUT2D eigenvalue weighted by Crippen LogP contribution is -2.48. The van der Waals surface area contributed by atoms with Gasteiger partial charge in [-0.25, -0.2) is 8.42 Å². The minimum Gasteiger partial charge on any atom is -0.497 e. The molecule has 2 heterocycles. The molecule has 1 fully saturated rings. The lowest BCUT2D eigenvalue weighted by molar-refractivity contribution is 0.182. The Hall–Kier alpha value is -1.32. The predicted octanol–water partition coefficient (Wildman–Crippen LogP) is 2.93. The number of benzene rings is 1. The molecule has 0 saturated carbocycles. The normalized spacial score (nSPS) is 16.6. The Balaban J connectivity index is 1.72. The van der Waals surface area contributed by atoms with E-state index in [1.807, 2.05) is 12.1 Å². The van der Waals surface area contributed by atoms with E-state index in [0.717, 1.165) is 10.9 Å². The van der Waals surface area contributed by atoms with Crippen LogP contribution in [-0.4, -0.2) is 58.0 Å². The minimum atomic E-state index is -3.65. The fourth-order valence-corrected chi connectivity index (χ4v) is 5.63. The van der Waals surface area contributed by atoms with E-state index in [1.165, 1.54) is 29.5 Å². The molecule has 26 heavy (non-hydrogen) atoms. The van der Waals surface area contributed by atoms with E-state index in [4.69, 9.17) is 21.1 Å². The number of halogens is 1. The average Bonchev–Trinajstić information content (AvgIpc) is 3.06. The number of thiophene rings is 1. The summed E-state index contributed by atoms with van der Waals surface area (Å²) >= 11 is 7.53. The molecule has 2 aromatic rings. The van der Waals surface area contributed by atoms with Crippen molar-refractivity contribution in [3.05, 3.63) is 39.5 Å². The van der Waals surface area contributed by atoms with Crippen molar-refractivity contribution in [1.82, 2.24) is 9.21 Å². The maximum atomic E-state index is 13.1. The number of hydrogen-bond acceptors (Lipinski definition) is 6. The minimum absolute atomic E-state index is 0.137. The summed E-state index contributed by atoms with van der Waals surface area (Å²) in [5, 5.41) is 0. The molecule has 1 saturated heterocycles. The molecule has 1 aliphatic rings. The molecule has 1 aliphatic heterocycles. The van der Waals surface area contributed by atoms with Crippen LogP contribution >= 0.6 is 22.9 Å². The zero-order valence-corrected chi connectivity index (χ0v) is 17.0. The van der Waals surface area contributed by atoms with Gasteiger partial charge in [-0.05, 0) is 24.3 Å². The van der Waals surface area contributed by atoms with Crippen molar-refractivity contribution < 1.29 is 17.9 Å². The number of piperazine rings is 1. The smallest absolute Gasteiger partial charge is 0.246 e. The molecule has 1 aromatic heterocycles. The largest absolute Gasteiger partial charge is 0.497 e.